The van der Waals surface area contributed by atoms with Crippen LogP contribution in [0.2, 0.25) is 0 Å². The number of hydrogen-bond acceptors (Lipinski definition) is 2. The van der Waals surface area contributed by atoms with Crippen LogP contribution in [0, 0.1) is 3.77 Å². The van der Waals surface area contributed by atoms with Gasteiger partial charge in [-0.05, 0) is 0 Å². The van der Waals surface area contributed by atoms with Crippen LogP contribution in [0.5, 0.6) is 0 Å². The van der Waals surface area contributed by atoms with Crippen molar-refractivity contribution < 1.29 is 25.6 Å². The van der Waals surface area contributed by atoms with Crippen molar-refractivity contribution in [2.75, 3.05) is 10.7 Å². The number of hydrogen-bond donors (Lipinski definition) is 1. The van der Waals surface area contributed by atoms with Gasteiger partial charge >= 0.3 is 81.0 Å². The summed E-state index contributed by atoms with van der Waals surface area (Å²) in [5.41, 5.74) is 7.38. The molecule has 2 rings (SSSR count). The van der Waals surface area contributed by atoms with Gasteiger partial charge in [0, 0.05) is 0 Å². The number of rotatable bonds is 1. The molecule has 2 nitrogen and oxygen atoms in total. The van der Waals surface area contributed by atoms with Crippen molar-refractivity contribution in [3.05, 3.63) is 28.0 Å². The summed E-state index contributed by atoms with van der Waals surface area (Å²) in [6.45, 7) is 0. The van der Waals surface area contributed by atoms with E-state index in [2.05, 4.69) is 11.0 Å². The predicted molar refractivity (Wildman–Crippen MR) is 45.2 cm³/mol. The van der Waals surface area contributed by atoms with E-state index in [0.717, 1.165) is 20.4 Å². The third-order valence-electron chi connectivity index (χ3n) is 1.70. The fourth-order valence-electron chi connectivity index (χ4n) is 1.12. The first-order valence-corrected chi connectivity index (χ1v) is 6.82. The molecule has 0 bridgehead atoms. The fraction of sp³-hybridized carbons (Fsp3) is 0.111. The number of anilines is 1. The summed E-state index contributed by atoms with van der Waals surface area (Å²) in [5, 5.41) is 1.12. The summed E-state index contributed by atoms with van der Waals surface area (Å²) in [6, 6.07) is 7.82. The Morgan fingerprint density at radius 3 is 2.92 bits per heavy atom. The molecule has 0 spiro atoms. The number of furan rings is 1. The zero-order chi connectivity index (χ0) is 8.55. The second kappa shape index (κ2) is 2.97. The average molecular weight is 274 g/mol. The van der Waals surface area contributed by atoms with Crippen LogP contribution in [0.15, 0.2) is 28.7 Å². The van der Waals surface area contributed by atoms with Gasteiger partial charge in [-0.3, -0.25) is 0 Å². The van der Waals surface area contributed by atoms with Crippen LogP contribution >= 0.6 is 0 Å². The molecule has 0 unspecified atom stereocenters. The van der Waals surface area contributed by atoms with Crippen LogP contribution in [0.4, 0.5) is 5.69 Å². The van der Waals surface area contributed by atoms with Crippen molar-refractivity contribution in [2.24, 2.45) is 0 Å². The van der Waals surface area contributed by atoms with Crippen LogP contribution in [-0.4, -0.2) is 4.93 Å². The Morgan fingerprint density at radius 1 is 1.33 bits per heavy atom. The minimum atomic E-state index is 0.0438. The monoisotopic (exact) mass is 274 g/mol. The minimum absolute atomic E-state index is 0.0438. The normalized spacial score (nSPS) is 11.1. The van der Waals surface area contributed by atoms with E-state index in [9.17, 15) is 0 Å². The Balaban J connectivity index is 2.67. The number of nitrogen functional groups attached to an aromatic ring is 1. The molecular formula is C9H9INO-. The first-order valence-electron chi connectivity index (χ1n) is 3.58. The summed E-state index contributed by atoms with van der Waals surface area (Å²) >= 11 is 0.0438. The molecule has 12 heavy (non-hydrogen) atoms. The Morgan fingerprint density at radius 2 is 2.17 bits per heavy atom. The molecule has 0 amide bonds. The number of alkyl halides is 1. The van der Waals surface area contributed by atoms with Gasteiger partial charge in [0.25, 0.3) is 0 Å². The molecule has 1 aromatic carbocycles. The van der Waals surface area contributed by atoms with Gasteiger partial charge in [0.2, 0.25) is 0 Å². The van der Waals surface area contributed by atoms with E-state index >= 15 is 0 Å². The van der Waals surface area contributed by atoms with Gasteiger partial charge in [-0.15, -0.1) is 0 Å². The maximum atomic E-state index is 5.64. The van der Waals surface area contributed by atoms with Crippen molar-refractivity contribution in [3.8, 4) is 0 Å². The van der Waals surface area contributed by atoms with Gasteiger partial charge in [-0.1, -0.05) is 0 Å². The van der Waals surface area contributed by atoms with Gasteiger partial charge < -0.3 is 0 Å². The summed E-state index contributed by atoms with van der Waals surface area (Å²) in [5.74, 6) is 0. The summed E-state index contributed by atoms with van der Waals surface area (Å²) in [6.07, 6.45) is 0. The van der Waals surface area contributed by atoms with Crippen molar-refractivity contribution in [1.29, 1.82) is 0 Å². The van der Waals surface area contributed by atoms with Crippen molar-refractivity contribution in [2.45, 2.75) is 0 Å². The molecule has 0 aliphatic heterocycles. The van der Waals surface area contributed by atoms with E-state index in [-0.39, 0.29) is 21.2 Å². The molecule has 2 N–H and O–H groups in total. The number of benzene rings is 1. The second-order valence-corrected chi connectivity index (χ2v) is 4.68. The van der Waals surface area contributed by atoms with Gasteiger partial charge in [0.15, 0.2) is 0 Å². The standard InChI is InChI=1S/C9H9INO/c1-10-9-5-6-4-7(11)2-3-8(6)12-9/h2-5H,11H2,1H3/q-1. The Bertz CT molecular complexity index is 408. The van der Waals surface area contributed by atoms with Gasteiger partial charge in [0.05, 0.1) is 0 Å². The molecule has 1 heterocycles. The molecule has 0 radical (unpaired) electrons. The molecule has 0 fully saturated rings. The molecule has 0 aliphatic carbocycles. The van der Waals surface area contributed by atoms with Gasteiger partial charge in [0.1, 0.15) is 0 Å². The molecule has 0 aliphatic rings. The van der Waals surface area contributed by atoms with Crippen molar-refractivity contribution >= 4 is 16.7 Å². The van der Waals surface area contributed by atoms with Crippen LogP contribution in [-0.2, 0) is 0 Å². The molecule has 0 atom stereocenters. The maximum absolute atomic E-state index is 5.64. The molecule has 0 saturated heterocycles. The topological polar surface area (TPSA) is 39.2 Å². The summed E-state index contributed by atoms with van der Waals surface area (Å²) in [4.78, 5) is 2.18. The second-order valence-electron chi connectivity index (χ2n) is 2.54. The summed E-state index contributed by atoms with van der Waals surface area (Å²) in [7, 11) is 0. The van der Waals surface area contributed by atoms with E-state index in [1.54, 1.807) is 0 Å². The first kappa shape index (κ1) is 7.91. The van der Waals surface area contributed by atoms with E-state index in [1.165, 1.54) is 0 Å². The van der Waals surface area contributed by atoms with Crippen molar-refractivity contribution in [1.82, 2.24) is 0 Å². The van der Waals surface area contributed by atoms with E-state index in [4.69, 9.17) is 10.2 Å². The summed E-state index contributed by atoms with van der Waals surface area (Å²) < 4.78 is 6.69. The predicted octanol–water partition coefficient (Wildman–Crippen LogP) is -1.10. The third-order valence-corrected chi connectivity index (χ3v) is 3.29. The molecular weight excluding hydrogens is 265 g/mol. The third kappa shape index (κ3) is 1.29. The molecule has 0 saturated carbocycles. The Kier molecular flexibility index (Phi) is 1.96. The van der Waals surface area contributed by atoms with Crippen LogP contribution in [0.25, 0.3) is 11.0 Å². The van der Waals surface area contributed by atoms with Crippen LogP contribution in [0.3, 0.4) is 0 Å². The SMILES string of the molecule is C[I-]c1cc2cc(N)ccc2o1. The average Bonchev–Trinajstić information content (AvgIpc) is 2.46. The fourth-order valence-corrected chi connectivity index (χ4v) is 2.23. The Labute approximate surface area is 81.0 Å². The zero-order valence-corrected chi connectivity index (χ0v) is 8.83. The quantitative estimate of drug-likeness (QED) is 0.407. The van der Waals surface area contributed by atoms with Crippen molar-refractivity contribution in [3.63, 3.8) is 0 Å². The number of nitrogens with two attached hydrogens (primary N) is 1. The van der Waals surface area contributed by atoms with E-state index < -0.39 is 0 Å². The van der Waals surface area contributed by atoms with E-state index in [1.807, 2.05) is 18.2 Å². The zero-order valence-electron chi connectivity index (χ0n) is 6.67. The Hall–Kier alpha value is -0.710. The van der Waals surface area contributed by atoms with Gasteiger partial charge in [-0.25, -0.2) is 0 Å². The van der Waals surface area contributed by atoms with Crippen LogP contribution in [0.1, 0.15) is 0 Å². The number of halogens is 1. The van der Waals surface area contributed by atoms with Gasteiger partial charge in [-0.2, -0.15) is 0 Å². The number of fused-ring (bicyclic) bond motifs is 1. The van der Waals surface area contributed by atoms with E-state index in [0.29, 0.717) is 0 Å². The molecule has 1 aromatic heterocycles. The first-order chi connectivity index (χ1) is 5.79. The van der Waals surface area contributed by atoms with Crippen LogP contribution < -0.4 is 26.9 Å². The molecule has 64 valence electrons. The molecule has 3 heteroatoms. The molecule has 2 aromatic rings.